The average molecular weight is 384 g/mol. The van der Waals surface area contributed by atoms with Crippen molar-refractivity contribution in [3.05, 3.63) is 63.6 Å². The van der Waals surface area contributed by atoms with E-state index in [-0.39, 0.29) is 5.91 Å². The molecule has 6 heteroatoms. The molecule has 0 unspecified atom stereocenters. The minimum Gasteiger partial charge on any atom is -0.497 e. The van der Waals surface area contributed by atoms with Crippen LogP contribution in [-0.4, -0.2) is 30.7 Å². The van der Waals surface area contributed by atoms with Crippen molar-refractivity contribution in [3.63, 3.8) is 0 Å². The minimum atomic E-state index is 0.0685. The summed E-state index contributed by atoms with van der Waals surface area (Å²) in [6.07, 6.45) is 0. The van der Waals surface area contributed by atoms with E-state index in [2.05, 4.69) is 0 Å². The van der Waals surface area contributed by atoms with Crippen LogP contribution in [0.25, 0.3) is 0 Å². The predicted molar refractivity (Wildman–Crippen MR) is 102 cm³/mol. The topological polar surface area (TPSA) is 29.5 Å². The second-order valence-corrected chi connectivity index (χ2v) is 7.09. The molecule has 0 aromatic heterocycles. The molecule has 0 bridgehead atoms. The molecule has 0 aliphatic carbocycles. The van der Waals surface area contributed by atoms with Gasteiger partial charge in [-0.05, 0) is 35.4 Å². The van der Waals surface area contributed by atoms with Gasteiger partial charge in [0.2, 0.25) is 5.91 Å². The van der Waals surface area contributed by atoms with Gasteiger partial charge in [-0.2, -0.15) is 0 Å². The average Bonchev–Trinajstić information content (AvgIpc) is 2.58. The summed E-state index contributed by atoms with van der Waals surface area (Å²) in [6, 6.07) is 13.1. The van der Waals surface area contributed by atoms with E-state index in [0.29, 0.717) is 28.1 Å². The maximum absolute atomic E-state index is 12.2. The third-order valence-corrected chi connectivity index (χ3v) is 5.19. The summed E-state index contributed by atoms with van der Waals surface area (Å²) in [7, 11) is 3.43. The van der Waals surface area contributed by atoms with Crippen LogP contribution in [0.4, 0.5) is 0 Å². The fourth-order valence-electron chi connectivity index (χ4n) is 2.11. The number of carbonyl (C=O) groups excluding carboxylic acids is 1. The van der Waals surface area contributed by atoms with E-state index in [9.17, 15) is 4.79 Å². The van der Waals surface area contributed by atoms with Crippen LogP contribution in [0.15, 0.2) is 42.5 Å². The molecule has 0 aliphatic rings. The zero-order valence-electron chi connectivity index (χ0n) is 13.6. The van der Waals surface area contributed by atoms with Gasteiger partial charge in [0.25, 0.3) is 0 Å². The molecule has 2 aromatic rings. The Morgan fingerprint density at radius 1 is 1.12 bits per heavy atom. The number of nitrogens with zero attached hydrogens (tertiary/aromatic N) is 1. The van der Waals surface area contributed by atoms with Crippen LogP contribution in [0.2, 0.25) is 10.0 Å². The standard InChI is InChI=1S/C18H19Cl2NO2S/c1-21(10-13-6-8-14(23-2)9-7-13)18(22)12-24-11-15-16(19)4-3-5-17(15)20/h3-9H,10-12H2,1-2H3. The number of hydrogen-bond acceptors (Lipinski definition) is 3. The zero-order chi connectivity index (χ0) is 17.5. The van der Waals surface area contributed by atoms with Crippen molar-refractivity contribution in [1.29, 1.82) is 0 Å². The summed E-state index contributed by atoms with van der Waals surface area (Å²) in [5.74, 6) is 1.87. The summed E-state index contributed by atoms with van der Waals surface area (Å²) >= 11 is 13.8. The van der Waals surface area contributed by atoms with E-state index >= 15 is 0 Å². The third-order valence-electron chi connectivity index (χ3n) is 3.54. The van der Waals surface area contributed by atoms with E-state index in [1.807, 2.05) is 30.3 Å². The Balaban J connectivity index is 1.83. The lowest BCUT2D eigenvalue weighted by Gasteiger charge is -2.17. The first-order chi connectivity index (χ1) is 11.5. The number of thioether (sulfide) groups is 1. The highest BCUT2D eigenvalue weighted by molar-refractivity contribution is 7.99. The van der Waals surface area contributed by atoms with Crippen LogP contribution in [0.1, 0.15) is 11.1 Å². The molecule has 0 saturated heterocycles. The zero-order valence-corrected chi connectivity index (χ0v) is 15.9. The van der Waals surface area contributed by atoms with Gasteiger partial charge in [0, 0.05) is 29.4 Å². The Morgan fingerprint density at radius 2 is 1.75 bits per heavy atom. The molecule has 2 aromatic carbocycles. The van der Waals surface area contributed by atoms with Crippen LogP contribution >= 0.6 is 35.0 Å². The summed E-state index contributed by atoms with van der Waals surface area (Å²) in [4.78, 5) is 14.0. The van der Waals surface area contributed by atoms with Crippen LogP contribution < -0.4 is 4.74 Å². The minimum absolute atomic E-state index is 0.0685. The number of halogens is 2. The highest BCUT2D eigenvalue weighted by Crippen LogP contribution is 2.28. The summed E-state index contributed by atoms with van der Waals surface area (Å²) in [5, 5.41) is 1.27. The molecule has 2 rings (SSSR count). The fourth-order valence-corrected chi connectivity index (χ4v) is 3.82. The molecule has 1 amide bonds. The largest absolute Gasteiger partial charge is 0.497 e. The summed E-state index contributed by atoms with van der Waals surface area (Å²) in [5.41, 5.74) is 1.93. The van der Waals surface area contributed by atoms with Crippen LogP contribution in [0, 0.1) is 0 Å². The molecule has 0 fully saturated rings. The summed E-state index contributed by atoms with van der Waals surface area (Å²) < 4.78 is 5.13. The molecule has 0 radical (unpaired) electrons. The number of ether oxygens (including phenoxy) is 1. The van der Waals surface area contributed by atoms with Crippen molar-refractivity contribution in [1.82, 2.24) is 4.90 Å². The number of amides is 1. The summed E-state index contributed by atoms with van der Waals surface area (Å²) in [6.45, 7) is 0.566. The second-order valence-electron chi connectivity index (χ2n) is 5.29. The van der Waals surface area contributed by atoms with Gasteiger partial charge >= 0.3 is 0 Å². The van der Waals surface area contributed by atoms with Crippen LogP contribution in [0.5, 0.6) is 5.75 Å². The van der Waals surface area contributed by atoms with Crippen molar-refractivity contribution < 1.29 is 9.53 Å². The molecule has 128 valence electrons. The Kier molecular flexibility index (Phi) is 7.28. The van der Waals surface area contributed by atoms with Gasteiger partial charge in [-0.15, -0.1) is 11.8 Å². The van der Waals surface area contributed by atoms with Gasteiger partial charge in [-0.25, -0.2) is 0 Å². The van der Waals surface area contributed by atoms with Crippen molar-refractivity contribution in [2.45, 2.75) is 12.3 Å². The molecule has 0 atom stereocenters. The Morgan fingerprint density at radius 3 is 2.33 bits per heavy atom. The molecule has 0 saturated carbocycles. The van der Waals surface area contributed by atoms with E-state index in [1.165, 1.54) is 11.8 Å². The van der Waals surface area contributed by atoms with E-state index in [4.69, 9.17) is 27.9 Å². The molecular weight excluding hydrogens is 365 g/mol. The smallest absolute Gasteiger partial charge is 0.232 e. The van der Waals surface area contributed by atoms with Gasteiger partial charge < -0.3 is 9.64 Å². The Hall–Kier alpha value is -1.36. The molecule has 3 nitrogen and oxygen atoms in total. The van der Waals surface area contributed by atoms with Gasteiger partial charge in [-0.3, -0.25) is 4.79 Å². The van der Waals surface area contributed by atoms with Gasteiger partial charge in [0.15, 0.2) is 0 Å². The van der Waals surface area contributed by atoms with Crippen molar-refractivity contribution >= 4 is 40.9 Å². The highest BCUT2D eigenvalue weighted by Gasteiger charge is 2.11. The predicted octanol–water partition coefficient (Wildman–Crippen LogP) is 4.89. The van der Waals surface area contributed by atoms with Gasteiger partial charge in [-0.1, -0.05) is 41.4 Å². The lowest BCUT2D eigenvalue weighted by Crippen LogP contribution is -2.27. The van der Waals surface area contributed by atoms with Crippen molar-refractivity contribution in [2.75, 3.05) is 19.9 Å². The number of rotatable bonds is 7. The second kappa shape index (κ2) is 9.21. The highest BCUT2D eigenvalue weighted by atomic mass is 35.5. The van der Waals surface area contributed by atoms with Crippen molar-refractivity contribution in [3.8, 4) is 5.75 Å². The van der Waals surface area contributed by atoms with E-state index < -0.39 is 0 Å². The maximum atomic E-state index is 12.2. The van der Waals surface area contributed by atoms with Gasteiger partial charge in [0.05, 0.1) is 12.9 Å². The van der Waals surface area contributed by atoms with Crippen LogP contribution in [0.3, 0.4) is 0 Å². The molecule has 0 aliphatic heterocycles. The molecule has 0 heterocycles. The SMILES string of the molecule is COc1ccc(CN(C)C(=O)CSCc2c(Cl)cccc2Cl)cc1. The quantitative estimate of drug-likeness (QED) is 0.681. The molecule has 0 N–H and O–H groups in total. The molecule has 24 heavy (non-hydrogen) atoms. The number of benzene rings is 2. The lowest BCUT2D eigenvalue weighted by atomic mass is 10.2. The maximum Gasteiger partial charge on any atom is 0.232 e. The first-order valence-corrected chi connectivity index (χ1v) is 9.30. The lowest BCUT2D eigenvalue weighted by molar-refractivity contribution is -0.127. The first kappa shape index (κ1) is 19.0. The normalized spacial score (nSPS) is 10.5. The number of hydrogen-bond donors (Lipinski definition) is 0. The molecular formula is C18H19Cl2NO2S. The van der Waals surface area contributed by atoms with Crippen molar-refractivity contribution in [2.24, 2.45) is 0 Å². The monoisotopic (exact) mass is 383 g/mol. The Bertz CT molecular complexity index is 672. The number of methoxy groups -OCH3 is 1. The molecule has 0 spiro atoms. The van der Waals surface area contributed by atoms with E-state index in [1.54, 1.807) is 31.2 Å². The third kappa shape index (κ3) is 5.33. The van der Waals surface area contributed by atoms with Crippen LogP contribution in [-0.2, 0) is 17.1 Å². The number of carbonyl (C=O) groups is 1. The fraction of sp³-hybridized carbons (Fsp3) is 0.278. The Labute approximate surface area is 156 Å². The first-order valence-electron chi connectivity index (χ1n) is 7.38. The van der Waals surface area contributed by atoms with Gasteiger partial charge in [0.1, 0.15) is 5.75 Å². The van der Waals surface area contributed by atoms with E-state index in [0.717, 1.165) is 16.9 Å².